The molecule has 4 nitrogen and oxygen atoms in total. The summed E-state index contributed by atoms with van der Waals surface area (Å²) in [5.74, 6) is 0.794. The van der Waals surface area contributed by atoms with Gasteiger partial charge in [-0.05, 0) is 90.7 Å². The van der Waals surface area contributed by atoms with E-state index in [2.05, 4.69) is 34.8 Å². The lowest BCUT2D eigenvalue weighted by Gasteiger charge is -2.11. The van der Waals surface area contributed by atoms with Crippen molar-refractivity contribution in [2.75, 3.05) is 0 Å². The highest BCUT2D eigenvalue weighted by molar-refractivity contribution is 9.10. The number of halogens is 1. The fraction of sp³-hybridized carbons (Fsp3) is 0.238. The average Bonchev–Trinajstić information content (AvgIpc) is 3.07. The number of benzene rings is 2. The molecular formula is C21H19BrN2O2S. The Kier molecular flexibility index (Phi) is 4.56. The monoisotopic (exact) mass is 442 g/mol. The zero-order valence-corrected chi connectivity index (χ0v) is 17.9. The van der Waals surface area contributed by atoms with Crippen LogP contribution in [-0.2, 0) is 0 Å². The van der Waals surface area contributed by atoms with Crippen molar-refractivity contribution in [1.82, 2.24) is 9.38 Å². The van der Waals surface area contributed by atoms with Crippen LogP contribution in [0, 0.1) is 13.8 Å². The number of hydrogen-bond acceptors (Lipinski definition) is 4. The van der Waals surface area contributed by atoms with Crippen molar-refractivity contribution in [3.63, 3.8) is 0 Å². The molecule has 0 atom stereocenters. The molecule has 0 aliphatic carbocycles. The molecule has 2 heterocycles. The van der Waals surface area contributed by atoms with Gasteiger partial charge in [0.05, 0.1) is 26.1 Å². The summed E-state index contributed by atoms with van der Waals surface area (Å²) in [6, 6.07) is 9.91. The zero-order valence-electron chi connectivity index (χ0n) is 15.5. The second-order valence-electron chi connectivity index (χ2n) is 6.93. The van der Waals surface area contributed by atoms with Gasteiger partial charge >= 0.3 is 0 Å². The number of aromatic nitrogens is 2. The Morgan fingerprint density at radius 3 is 2.63 bits per heavy atom. The first kappa shape index (κ1) is 18.2. The third kappa shape index (κ3) is 3.28. The maximum atomic E-state index is 13.0. The standard InChI is InChI=1S/C21H19BrN2O2S/c1-11(2)26-18-6-5-14(9-15(18)22)10-19-20(25)24-17-8-13(4)12(3)7-16(17)23-21(24)27-19/h5-11H,1-4H3/b19-10-. The molecule has 27 heavy (non-hydrogen) atoms. The molecule has 0 aliphatic heterocycles. The minimum absolute atomic E-state index is 0.0283. The van der Waals surface area contributed by atoms with Gasteiger partial charge in [0, 0.05) is 0 Å². The predicted molar refractivity (Wildman–Crippen MR) is 115 cm³/mol. The van der Waals surface area contributed by atoms with Gasteiger partial charge in [-0.15, -0.1) is 0 Å². The molecule has 0 bridgehead atoms. The van der Waals surface area contributed by atoms with E-state index in [9.17, 15) is 4.79 Å². The first-order chi connectivity index (χ1) is 12.8. The molecule has 0 radical (unpaired) electrons. The summed E-state index contributed by atoms with van der Waals surface area (Å²) in [6.07, 6.45) is 2.01. The summed E-state index contributed by atoms with van der Waals surface area (Å²) in [5, 5.41) is 0. The Morgan fingerprint density at radius 1 is 1.19 bits per heavy atom. The van der Waals surface area contributed by atoms with Crippen molar-refractivity contribution in [2.45, 2.75) is 33.8 Å². The van der Waals surface area contributed by atoms with Crippen LogP contribution in [0.2, 0.25) is 0 Å². The van der Waals surface area contributed by atoms with E-state index in [1.807, 2.05) is 50.3 Å². The van der Waals surface area contributed by atoms with Crippen molar-refractivity contribution in [1.29, 1.82) is 0 Å². The number of fused-ring (bicyclic) bond motifs is 3. The van der Waals surface area contributed by atoms with E-state index in [1.54, 1.807) is 4.40 Å². The quantitative estimate of drug-likeness (QED) is 0.464. The second kappa shape index (κ2) is 6.77. The summed E-state index contributed by atoms with van der Waals surface area (Å²) >= 11 is 4.96. The molecular weight excluding hydrogens is 424 g/mol. The van der Waals surface area contributed by atoms with Crippen LogP contribution in [0.3, 0.4) is 0 Å². The Balaban J connectivity index is 1.84. The molecule has 0 saturated carbocycles. The smallest absolute Gasteiger partial charge is 0.274 e. The van der Waals surface area contributed by atoms with E-state index >= 15 is 0 Å². The number of thiazole rings is 1. The van der Waals surface area contributed by atoms with E-state index in [4.69, 9.17) is 4.74 Å². The van der Waals surface area contributed by atoms with E-state index in [0.717, 1.165) is 37.3 Å². The Bertz CT molecular complexity index is 1290. The average molecular weight is 443 g/mol. The van der Waals surface area contributed by atoms with Crippen LogP contribution in [0.4, 0.5) is 0 Å². The van der Waals surface area contributed by atoms with Crippen molar-refractivity contribution in [3.8, 4) is 5.75 Å². The number of ether oxygens (including phenoxy) is 1. The molecule has 6 heteroatoms. The van der Waals surface area contributed by atoms with Crippen LogP contribution < -0.4 is 14.8 Å². The zero-order chi connectivity index (χ0) is 19.3. The number of aryl methyl sites for hydroxylation is 2. The Morgan fingerprint density at radius 2 is 1.93 bits per heavy atom. The highest BCUT2D eigenvalue weighted by Gasteiger charge is 2.12. The van der Waals surface area contributed by atoms with E-state index in [1.165, 1.54) is 16.9 Å². The SMILES string of the molecule is Cc1cc2nc3s/c(=C\c4ccc(OC(C)C)c(Br)c4)c(=O)n3c2cc1C. The lowest BCUT2D eigenvalue weighted by Crippen LogP contribution is -2.22. The third-order valence-electron chi connectivity index (χ3n) is 4.47. The molecule has 4 rings (SSSR count). The summed E-state index contributed by atoms with van der Waals surface area (Å²) < 4.78 is 9.00. The summed E-state index contributed by atoms with van der Waals surface area (Å²) in [6.45, 7) is 8.09. The molecule has 0 unspecified atom stereocenters. The van der Waals surface area contributed by atoms with Gasteiger partial charge in [-0.25, -0.2) is 9.38 Å². The van der Waals surface area contributed by atoms with Gasteiger partial charge in [0.1, 0.15) is 5.75 Å². The fourth-order valence-electron chi connectivity index (χ4n) is 3.03. The molecule has 2 aromatic heterocycles. The fourth-order valence-corrected chi connectivity index (χ4v) is 4.50. The number of rotatable bonds is 3. The van der Waals surface area contributed by atoms with Crippen LogP contribution in [0.15, 0.2) is 39.6 Å². The summed E-state index contributed by atoms with van der Waals surface area (Å²) in [4.78, 5) is 18.3. The molecule has 0 fully saturated rings. The second-order valence-corrected chi connectivity index (χ2v) is 8.79. The third-order valence-corrected chi connectivity index (χ3v) is 6.06. The molecule has 0 amide bonds. The van der Waals surface area contributed by atoms with Gasteiger partial charge in [-0.2, -0.15) is 0 Å². The van der Waals surface area contributed by atoms with Crippen molar-refractivity contribution in [3.05, 3.63) is 66.4 Å². The molecule has 138 valence electrons. The number of nitrogens with zero attached hydrogens (tertiary/aromatic N) is 2. The molecule has 4 aromatic rings. The first-order valence-electron chi connectivity index (χ1n) is 8.73. The predicted octanol–water partition coefficient (Wildman–Crippen LogP) is 4.62. The van der Waals surface area contributed by atoms with Crippen molar-refractivity contribution >= 4 is 49.3 Å². The first-order valence-corrected chi connectivity index (χ1v) is 10.3. The van der Waals surface area contributed by atoms with Crippen LogP contribution in [0.1, 0.15) is 30.5 Å². The minimum atomic E-state index is -0.0283. The maximum absolute atomic E-state index is 13.0. The van der Waals surface area contributed by atoms with Gasteiger partial charge in [0.2, 0.25) is 0 Å². The van der Waals surface area contributed by atoms with E-state index < -0.39 is 0 Å². The lowest BCUT2D eigenvalue weighted by molar-refractivity contribution is 0.241. The molecule has 0 N–H and O–H groups in total. The topological polar surface area (TPSA) is 43.6 Å². The number of hydrogen-bond donors (Lipinski definition) is 0. The van der Waals surface area contributed by atoms with Gasteiger partial charge in [-0.1, -0.05) is 17.4 Å². The Hall–Kier alpha value is -2.18. The molecule has 0 aliphatic rings. The summed E-state index contributed by atoms with van der Waals surface area (Å²) in [5.41, 5.74) is 4.99. The van der Waals surface area contributed by atoms with Gasteiger partial charge in [0.15, 0.2) is 4.96 Å². The molecule has 0 spiro atoms. The van der Waals surface area contributed by atoms with Crippen molar-refractivity contribution in [2.24, 2.45) is 0 Å². The highest BCUT2D eigenvalue weighted by Crippen LogP contribution is 2.27. The largest absolute Gasteiger partial charge is 0.490 e. The lowest BCUT2D eigenvalue weighted by atomic mass is 10.1. The molecule has 2 aromatic carbocycles. The number of imidazole rings is 1. The van der Waals surface area contributed by atoms with Gasteiger partial charge < -0.3 is 4.74 Å². The van der Waals surface area contributed by atoms with Crippen molar-refractivity contribution < 1.29 is 4.74 Å². The van der Waals surface area contributed by atoms with Crippen LogP contribution in [0.25, 0.3) is 22.1 Å². The minimum Gasteiger partial charge on any atom is -0.490 e. The summed E-state index contributed by atoms with van der Waals surface area (Å²) in [7, 11) is 0. The normalized spacial score (nSPS) is 12.6. The van der Waals surface area contributed by atoms with E-state index in [-0.39, 0.29) is 11.7 Å². The van der Waals surface area contributed by atoms with Gasteiger partial charge in [0.25, 0.3) is 5.56 Å². The molecule has 0 saturated heterocycles. The van der Waals surface area contributed by atoms with Crippen LogP contribution >= 0.6 is 27.3 Å². The van der Waals surface area contributed by atoms with Gasteiger partial charge in [-0.3, -0.25) is 4.79 Å². The van der Waals surface area contributed by atoms with Crippen LogP contribution in [-0.4, -0.2) is 15.5 Å². The van der Waals surface area contributed by atoms with Crippen LogP contribution in [0.5, 0.6) is 5.75 Å². The maximum Gasteiger partial charge on any atom is 0.274 e. The highest BCUT2D eigenvalue weighted by atomic mass is 79.9. The Labute approximate surface area is 169 Å². The van der Waals surface area contributed by atoms with E-state index in [0.29, 0.717) is 4.53 Å².